The molecule has 5 nitrogen and oxygen atoms in total. The highest BCUT2D eigenvalue weighted by Crippen LogP contribution is 2.31. The number of carbonyl (C=O) groups is 2. The van der Waals surface area contributed by atoms with Crippen molar-refractivity contribution in [1.82, 2.24) is 4.90 Å². The third-order valence-corrected chi connectivity index (χ3v) is 4.44. The number of carbonyl (C=O) groups excluding carboxylic acids is 2. The normalized spacial score (nSPS) is 13.7. The molecule has 138 valence electrons. The van der Waals surface area contributed by atoms with Crippen LogP contribution in [0.5, 0.6) is 0 Å². The number of benzene rings is 1. The zero-order valence-corrected chi connectivity index (χ0v) is 16.1. The highest BCUT2D eigenvalue weighted by atomic mass is 16.2. The van der Waals surface area contributed by atoms with Crippen molar-refractivity contribution in [2.45, 2.75) is 46.6 Å². The molecule has 1 N–H and O–H groups in total. The van der Waals surface area contributed by atoms with Crippen LogP contribution in [0.1, 0.15) is 45.6 Å². The number of nitrogens with one attached hydrogen (secondary N) is 1. The maximum absolute atomic E-state index is 12.5. The van der Waals surface area contributed by atoms with Crippen LogP contribution in [0.15, 0.2) is 18.2 Å². The summed E-state index contributed by atoms with van der Waals surface area (Å²) in [5.41, 5.74) is 2.94. The van der Waals surface area contributed by atoms with Crippen LogP contribution in [-0.2, 0) is 16.1 Å². The van der Waals surface area contributed by atoms with Gasteiger partial charge < -0.3 is 15.1 Å². The molecule has 0 saturated heterocycles. The quantitative estimate of drug-likeness (QED) is 0.784. The summed E-state index contributed by atoms with van der Waals surface area (Å²) in [6.07, 6.45) is 2.90. The molecule has 1 saturated carbocycles. The summed E-state index contributed by atoms with van der Waals surface area (Å²) in [5.74, 6) is 0.425. The number of amides is 2. The van der Waals surface area contributed by atoms with E-state index in [1.165, 1.54) is 0 Å². The van der Waals surface area contributed by atoms with E-state index in [2.05, 4.69) is 12.2 Å². The second kappa shape index (κ2) is 8.37. The predicted molar refractivity (Wildman–Crippen MR) is 103 cm³/mol. The van der Waals surface area contributed by atoms with E-state index in [1.807, 2.05) is 55.9 Å². The molecule has 0 aliphatic heterocycles. The van der Waals surface area contributed by atoms with Gasteiger partial charge >= 0.3 is 0 Å². The van der Waals surface area contributed by atoms with Gasteiger partial charge in [-0.05, 0) is 43.0 Å². The first kappa shape index (κ1) is 19.3. The molecule has 0 radical (unpaired) electrons. The predicted octanol–water partition coefficient (Wildman–Crippen LogP) is 3.50. The first-order valence-corrected chi connectivity index (χ1v) is 9.23. The Kier molecular flexibility index (Phi) is 6.45. The van der Waals surface area contributed by atoms with Gasteiger partial charge in [-0.2, -0.15) is 0 Å². The molecular formula is C20H31N3O2. The number of hydrogen-bond donors (Lipinski definition) is 1. The third kappa shape index (κ3) is 5.21. The first-order chi connectivity index (χ1) is 11.8. The average Bonchev–Trinajstić information content (AvgIpc) is 3.38. The van der Waals surface area contributed by atoms with Crippen molar-refractivity contribution in [3.8, 4) is 0 Å². The average molecular weight is 345 g/mol. The van der Waals surface area contributed by atoms with E-state index in [9.17, 15) is 9.59 Å². The SMILES string of the molecule is CCCN(Cc1cc(NC(=O)C2CC2)ccc1N(C)C)C(=O)C(C)C. The summed E-state index contributed by atoms with van der Waals surface area (Å²) in [5, 5.41) is 3.01. The minimum Gasteiger partial charge on any atom is -0.377 e. The van der Waals surface area contributed by atoms with Crippen molar-refractivity contribution in [3.63, 3.8) is 0 Å². The topological polar surface area (TPSA) is 52.7 Å². The van der Waals surface area contributed by atoms with E-state index < -0.39 is 0 Å². The fraction of sp³-hybridized carbons (Fsp3) is 0.600. The van der Waals surface area contributed by atoms with Gasteiger partial charge in [-0.3, -0.25) is 9.59 Å². The molecule has 0 spiro atoms. The van der Waals surface area contributed by atoms with Crippen LogP contribution in [0, 0.1) is 11.8 Å². The van der Waals surface area contributed by atoms with E-state index >= 15 is 0 Å². The van der Waals surface area contributed by atoms with Crippen LogP contribution in [-0.4, -0.2) is 37.4 Å². The van der Waals surface area contributed by atoms with Crippen molar-refractivity contribution in [2.75, 3.05) is 30.9 Å². The van der Waals surface area contributed by atoms with E-state index in [0.717, 1.165) is 42.7 Å². The molecule has 5 heteroatoms. The van der Waals surface area contributed by atoms with Gasteiger partial charge in [0.25, 0.3) is 0 Å². The van der Waals surface area contributed by atoms with Gasteiger partial charge in [-0.1, -0.05) is 20.8 Å². The molecule has 25 heavy (non-hydrogen) atoms. The molecule has 1 aliphatic rings. The molecule has 1 fully saturated rings. The van der Waals surface area contributed by atoms with Crippen LogP contribution in [0.3, 0.4) is 0 Å². The summed E-state index contributed by atoms with van der Waals surface area (Å²) < 4.78 is 0. The molecule has 2 amide bonds. The molecular weight excluding hydrogens is 314 g/mol. The lowest BCUT2D eigenvalue weighted by Gasteiger charge is -2.27. The number of hydrogen-bond acceptors (Lipinski definition) is 3. The standard InChI is InChI=1S/C20H31N3O2/c1-6-11-23(20(25)14(2)3)13-16-12-17(9-10-18(16)22(4)5)21-19(24)15-7-8-15/h9-10,12,14-15H,6-8,11,13H2,1-5H3,(H,21,24). The van der Waals surface area contributed by atoms with Crippen molar-refractivity contribution in [3.05, 3.63) is 23.8 Å². The van der Waals surface area contributed by atoms with Gasteiger partial charge in [-0.15, -0.1) is 0 Å². The zero-order chi connectivity index (χ0) is 18.6. The minimum atomic E-state index is -0.0212. The van der Waals surface area contributed by atoms with E-state index in [0.29, 0.717) is 6.54 Å². The van der Waals surface area contributed by atoms with Crippen molar-refractivity contribution in [2.24, 2.45) is 11.8 Å². The second-order valence-corrected chi connectivity index (χ2v) is 7.42. The lowest BCUT2D eigenvalue weighted by Crippen LogP contribution is -2.35. The molecule has 1 aliphatic carbocycles. The van der Waals surface area contributed by atoms with Crippen molar-refractivity contribution < 1.29 is 9.59 Å². The summed E-state index contributed by atoms with van der Waals surface area (Å²) in [7, 11) is 3.99. The zero-order valence-electron chi connectivity index (χ0n) is 16.1. The van der Waals surface area contributed by atoms with Gasteiger partial charge in [0.05, 0.1) is 0 Å². The van der Waals surface area contributed by atoms with Crippen LogP contribution < -0.4 is 10.2 Å². The molecule has 0 heterocycles. The van der Waals surface area contributed by atoms with E-state index in [1.54, 1.807) is 0 Å². The Morgan fingerprint density at radius 2 is 1.92 bits per heavy atom. The van der Waals surface area contributed by atoms with Crippen LogP contribution >= 0.6 is 0 Å². The number of rotatable bonds is 8. The Labute approximate surface area is 151 Å². The smallest absolute Gasteiger partial charge is 0.227 e. The Morgan fingerprint density at radius 3 is 2.44 bits per heavy atom. The van der Waals surface area contributed by atoms with E-state index in [4.69, 9.17) is 0 Å². The maximum Gasteiger partial charge on any atom is 0.227 e. The van der Waals surface area contributed by atoms with Gasteiger partial charge in [-0.25, -0.2) is 0 Å². The third-order valence-electron chi connectivity index (χ3n) is 4.44. The summed E-state index contributed by atoms with van der Waals surface area (Å²) in [6, 6.07) is 5.96. The molecule has 1 aromatic rings. The minimum absolute atomic E-state index is 0.0212. The van der Waals surface area contributed by atoms with Crippen LogP contribution in [0.2, 0.25) is 0 Å². The van der Waals surface area contributed by atoms with Crippen molar-refractivity contribution >= 4 is 23.2 Å². The van der Waals surface area contributed by atoms with Gasteiger partial charge in [0.1, 0.15) is 0 Å². The number of nitrogens with zero attached hydrogens (tertiary/aromatic N) is 2. The molecule has 0 aromatic heterocycles. The monoisotopic (exact) mass is 345 g/mol. The Morgan fingerprint density at radius 1 is 1.24 bits per heavy atom. The van der Waals surface area contributed by atoms with Gasteiger partial charge in [0.2, 0.25) is 11.8 Å². The van der Waals surface area contributed by atoms with Crippen LogP contribution in [0.25, 0.3) is 0 Å². The lowest BCUT2D eigenvalue weighted by atomic mass is 10.1. The van der Waals surface area contributed by atoms with Gasteiger partial charge in [0.15, 0.2) is 0 Å². The summed E-state index contributed by atoms with van der Waals surface area (Å²) in [4.78, 5) is 28.5. The Balaban J connectivity index is 2.24. The maximum atomic E-state index is 12.5. The molecule has 0 unspecified atom stereocenters. The van der Waals surface area contributed by atoms with Gasteiger partial charge in [0, 0.05) is 50.4 Å². The van der Waals surface area contributed by atoms with Crippen molar-refractivity contribution in [1.29, 1.82) is 0 Å². The fourth-order valence-electron chi connectivity index (χ4n) is 2.92. The molecule has 2 rings (SSSR count). The first-order valence-electron chi connectivity index (χ1n) is 9.23. The van der Waals surface area contributed by atoms with E-state index in [-0.39, 0.29) is 23.7 Å². The number of anilines is 2. The fourth-order valence-corrected chi connectivity index (χ4v) is 2.92. The summed E-state index contributed by atoms with van der Waals surface area (Å²) >= 11 is 0. The van der Waals surface area contributed by atoms with Crippen LogP contribution in [0.4, 0.5) is 11.4 Å². The Hall–Kier alpha value is -2.04. The lowest BCUT2D eigenvalue weighted by molar-refractivity contribution is -0.135. The second-order valence-electron chi connectivity index (χ2n) is 7.42. The highest BCUT2D eigenvalue weighted by Gasteiger charge is 2.29. The summed E-state index contributed by atoms with van der Waals surface area (Å²) in [6.45, 7) is 7.25. The highest BCUT2D eigenvalue weighted by molar-refractivity contribution is 5.94. The molecule has 0 bridgehead atoms. The Bertz CT molecular complexity index is 621. The largest absolute Gasteiger partial charge is 0.377 e. The molecule has 0 atom stereocenters. The molecule has 1 aromatic carbocycles.